The number of ether oxygens (including phenoxy) is 1. The van der Waals surface area contributed by atoms with Crippen LogP contribution in [0, 0.1) is 5.82 Å². The lowest BCUT2D eigenvalue weighted by Gasteiger charge is -2.18. The van der Waals surface area contributed by atoms with Crippen molar-refractivity contribution in [3.8, 4) is 11.4 Å². The van der Waals surface area contributed by atoms with Gasteiger partial charge < -0.3 is 13.7 Å². The van der Waals surface area contributed by atoms with Crippen LogP contribution in [0.2, 0.25) is 5.02 Å². The van der Waals surface area contributed by atoms with Crippen LogP contribution < -0.4 is 4.74 Å². The third-order valence-electron chi connectivity index (χ3n) is 4.95. The third kappa shape index (κ3) is 3.15. The number of aromatic nitrogens is 2. The van der Waals surface area contributed by atoms with Crippen LogP contribution in [0.4, 0.5) is 4.39 Å². The van der Waals surface area contributed by atoms with E-state index in [1.54, 1.807) is 12.3 Å². The van der Waals surface area contributed by atoms with E-state index in [1.165, 1.54) is 18.5 Å². The average Bonchev–Trinajstić information content (AvgIpc) is 3.27. The largest absolute Gasteiger partial charge is 0.490 e. The van der Waals surface area contributed by atoms with Crippen molar-refractivity contribution in [2.24, 2.45) is 0 Å². The van der Waals surface area contributed by atoms with Crippen LogP contribution in [-0.2, 0) is 13.1 Å². The highest BCUT2D eigenvalue weighted by Gasteiger charge is 2.20. The van der Waals surface area contributed by atoms with Crippen LogP contribution in [0.15, 0.2) is 59.6 Å². The van der Waals surface area contributed by atoms with E-state index >= 15 is 0 Å². The molecule has 0 saturated heterocycles. The van der Waals surface area contributed by atoms with E-state index in [-0.39, 0.29) is 5.82 Å². The minimum Gasteiger partial charge on any atom is -0.490 e. The van der Waals surface area contributed by atoms with E-state index in [0.29, 0.717) is 30.5 Å². The number of nitrogens with zero attached hydrogens (tertiary/aromatic N) is 3. The number of halogens is 2. The summed E-state index contributed by atoms with van der Waals surface area (Å²) in [5, 5.41) is 1.41. The van der Waals surface area contributed by atoms with Crippen molar-refractivity contribution >= 4 is 22.5 Å². The minimum atomic E-state index is -0.248. The minimum absolute atomic E-state index is 0.248. The molecule has 0 spiro atoms. The van der Waals surface area contributed by atoms with Gasteiger partial charge in [-0.3, -0.25) is 4.90 Å². The van der Waals surface area contributed by atoms with E-state index in [1.807, 2.05) is 22.9 Å². The number of benzene rings is 2. The summed E-state index contributed by atoms with van der Waals surface area (Å²) in [6.07, 6.45) is 5.08. The quantitative estimate of drug-likeness (QED) is 0.498. The summed E-state index contributed by atoms with van der Waals surface area (Å²) in [7, 11) is 0. The highest BCUT2D eigenvalue weighted by atomic mass is 35.5. The van der Waals surface area contributed by atoms with E-state index in [2.05, 4.69) is 16.0 Å². The van der Waals surface area contributed by atoms with Crippen molar-refractivity contribution < 1.29 is 13.5 Å². The van der Waals surface area contributed by atoms with Crippen LogP contribution in [0.5, 0.6) is 5.75 Å². The smallest absolute Gasteiger partial charge is 0.180 e. The number of oxazole rings is 1. The molecular weight excluding hydrogens is 381 g/mol. The van der Waals surface area contributed by atoms with Crippen molar-refractivity contribution in [1.29, 1.82) is 0 Å². The van der Waals surface area contributed by atoms with Crippen molar-refractivity contribution in [3.63, 3.8) is 0 Å². The second-order valence-electron chi connectivity index (χ2n) is 6.83. The van der Waals surface area contributed by atoms with Crippen molar-refractivity contribution in [2.75, 3.05) is 13.2 Å². The number of rotatable bonds is 3. The normalized spacial score (nSPS) is 14.6. The van der Waals surface area contributed by atoms with Crippen LogP contribution >= 0.6 is 11.6 Å². The van der Waals surface area contributed by atoms with Gasteiger partial charge in [-0.15, -0.1) is 0 Å². The average molecular weight is 398 g/mol. The van der Waals surface area contributed by atoms with E-state index in [9.17, 15) is 4.39 Å². The number of fused-ring (bicyclic) bond motifs is 2. The molecule has 0 N–H and O–H groups in total. The molecule has 1 aliphatic rings. The number of hydrogen-bond donors (Lipinski definition) is 0. The molecule has 0 saturated carbocycles. The maximum Gasteiger partial charge on any atom is 0.180 e. The summed E-state index contributed by atoms with van der Waals surface area (Å²) in [5.74, 6) is 1.28. The van der Waals surface area contributed by atoms with Gasteiger partial charge in [0.15, 0.2) is 6.39 Å². The Morgan fingerprint density at radius 2 is 2.11 bits per heavy atom. The maximum atomic E-state index is 13.5. The Morgan fingerprint density at radius 3 is 2.96 bits per heavy atom. The zero-order chi connectivity index (χ0) is 19.1. The van der Waals surface area contributed by atoms with Crippen molar-refractivity contribution in [2.45, 2.75) is 13.1 Å². The lowest BCUT2D eigenvalue weighted by molar-refractivity contribution is 0.206. The molecule has 2 aromatic heterocycles. The van der Waals surface area contributed by atoms with Gasteiger partial charge >= 0.3 is 0 Å². The van der Waals surface area contributed by atoms with Crippen LogP contribution in [0.3, 0.4) is 0 Å². The lowest BCUT2D eigenvalue weighted by Crippen LogP contribution is -2.25. The van der Waals surface area contributed by atoms with Crippen LogP contribution in [0.25, 0.3) is 16.6 Å². The Hall–Kier alpha value is -2.83. The molecule has 7 heteroatoms. The van der Waals surface area contributed by atoms with Gasteiger partial charge in [-0.2, -0.15) is 0 Å². The topological polar surface area (TPSA) is 43.4 Å². The highest BCUT2D eigenvalue weighted by molar-refractivity contribution is 6.32. The first-order chi connectivity index (χ1) is 13.7. The summed E-state index contributed by atoms with van der Waals surface area (Å²) in [5.41, 5.74) is 2.84. The highest BCUT2D eigenvalue weighted by Crippen LogP contribution is 2.35. The van der Waals surface area contributed by atoms with Crippen LogP contribution in [0.1, 0.15) is 11.3 Å². The monoisotopic (exact) mass is 397 g/mol. The predicted octanol–water partition coefficient (Wildman–Crippen LogP) is 4.81. The molecule has 0 radical (unpaired) electrons. The first-order valence-corrected chi connectivity index (χ1v) is 9.37. The lowest BCUT2D eigenvalue weighted by atomic mass is 10.1. The van der Waals surface area contributed by atoms with Gasteiger partial charge in [0.25, 0.3) is 0 Å². The van der Waals surface area contributed by atoms with Gasteiger partial charge in [-0.1, -0.05) is 11.6 Å². The fourth-order valence-electron chi connectivity index (χ4n) is 3.66. The van der Waals surface area contributed by atoms with Gasteiger partial charge in [0.2, 0.25) is 0 Å². The molecule has 5 nitrogen and oxygen atoms in total. The van der Waals surface area contributed by atoms with Gasteiger partial charge in [-0.25, -0.2) is 9.37 Å². The SMILES string of the molecule is Fc1ccc2c(ccn2-c2cc(Cl)c3c(c2)CN(Cc2cnco2)CCO3)c1. The Morgan fingerprint density at radius 1 is 1.18 bits per heavy atom. The Balaban J connectivity index is 1.53. The molecule has 3 heterocycles. The molecule has 142 valence electrons. The molecule has 0 bridgehead atoms. The van der Waals surface area contributed by atoms with Gasteiger partial charge in [0.1, 0.15) is 23.9 Å². The van der Waals surface area contributed by atoms with Gasteiger partial charge in [-0.05, 0) is 36.4 Å². The first-order valence-electron chi connectivity index (χ1n) is 8.99. The summed E-state index contributed by atoms with van der Waals surface area (Å²) in [6.45, 7) is 2.63. The second kappa shape index (κ2) is 6.96. The Bertz CT molecular complexity index is 1140. The van der Waals surface area contributed by atoms with E-state index in [0.717, 1.165) is 34.5 Å². The van der Waals surface area contributed by atoms with Crippen molar-refractivity contribution in [1.82, 2.24) is 14.5 Å². The molecule has 28 heavy (non-hydrogen) atoms. The molecular formula is C21H17ClFN3O2. The summed E-state index contributed by atoms with van der Waals surface area (Å²) < 4.78 is 26.8. The Labute approximate surface area is 165 Å². The van der Waals surface area contributed by atoms with Gasteiger partial charge in [0.05, 0.1) is 23.3 Å². The van der Waals surface area contributed by atoms with Crippen LogP contribution in [-0.4, -0.2) is 27.6 Å². The molecule has 4 aromatic rings. The molecule has 5 rings (SSSR count). The predicted molar refractivity (Wildman–Crippen MR) is 104 cm³/mol. The Kier molecular flexibility index (Phi) is 4.30. The number of hydrogen-bond acceptors (Lipinski definition) is 4. The van der Waals surface area contributed by atoms with Gasteiger partial charge in [0, 0.05) is 35.9 Å². The first kappa shape index (κ1) is 17.3. The second-order valence-corrected chi connectivity index (χ2v) is 7.24. The maximum absolute atomic E-state index is 13.5. The molecule has 0 aliphatic carbocycles. The fourth-order valence-corrected chi connectivity index (χ4v) is 3.95. The molecule has 0 unspecified atom stereocenters. The molecule has 1 aliphatic heterocycles. The summed E-state index contributed by atoms with van der Waals surface area (Å²) in [4.78, 5) is 6.21. The molecule has 2 aromatic carbocycles. The third-order valence-corrected chi connectivity index (χ3v) is 5.23. The molecule has 0 atom stereocenters. The van der Waals surface area contributed by atoms with Crippen molar-refractivity contribution in [3.05, 3.63) is 77.3 Å². The summed E-state index contributed by atoms with van der Waals surface area (Å²) >= 11 is 6.56. The fraction of sp³-hybridized carbons (Fsp3) is 0.190. The van der Waals surface area contributed by atoms with E-state index < -0.39 is 0 Å². The molecule has 0 amide bonds. The zero-order valence-corrected chi connectivity index (χ0v) is 15.7. The molecule has 0 fully saturated rings. The van der Waals surface area contributed by atoms with E-state index in [4.69, 9.17) is 20.8 Å². The zero-order valence-electron chi connectivity index (χ0n) is 14.9. The summed E-state index contributed by atoms with van der Waals surface area (Å²) in [6, 6.07) is 10.6. The standard InChI is InChI=1S/C21H17ClFN3O2/c22-19-9-17(26-4-3-14-7-16(23)1-2-20(14)26)8-15-11-25(5-6-27-21(15)19)12-18-10-24-13-28-18/h1-4,7-10,13H,5-6,11-12H2.